The molecule has 0 radical (unpaired) electrons. The van der Waals surface area contributed by atoms with Gasteiger partial charge in [0.05, 0.1) is 40.9 Å². The van der Waals surface area contributed by atoms with E-state index < -0.39 is 0 Å². The number of thioether (sulfide) groups is 2. The number of hydrazone groups is 1. The highest BCUT2D eigenvalue weighted by Crippen LogP contribution is 2.35. The molecule has 6 rings (SSSR count). The van der Waals surface area contributed by atoms with E-state index in [0.29, 0.717) is 16.5 Å². The van der Waals surface area contributed by atoms with Crippen molar-refractivity contribution in [1.29, 1.82) is 0 Å². The fourth-order valence-corrected chi connectivity index (χ4v) is 6.96. The summed E-state index contributed by atoms with van der Waals surface area (Å²) < 4.78 is 6.95. The molecule has 1 atom stereocenters. The van der Waals surface area contributed by atoms with E-state index in [1.807, 2.05) is 62.4 Å². The van der Waals surface area contributed by atoms with Gasteiger partial charge in [0.2, 0.25) is 0 Å². The van der Waals surface area contributed by atoms with Gasteiger partial charge in [-0.1, -0.05) is 59.3 Å². The molecule has 0 bridgehead atoms. The Morgan fingerprint density at radius 2 is 1.68 bits per heavy atom. The predicted octanol–water partition coefficient (Wildman–Crippen LogP) is 5.98. The van der Waals surface area contributed by atoms with Gasteiger partial charge in [0.25, 0.3) is 11.5 Å². The van der Waals surface area contributed by atoms with Crippen LogP contribution in [-0.2, 0) is 11.2 Å². The molecule has 208 valence electrons. The summed E-state index contributed by atoms with van der Waals surface area (Å²) in [4.78, 5) is 32.9. The van der Waals surface area contributed by atoms with Gasteiger partial charge >= 0.3 is 0 Å². The van der Waals surface area contributed by atoms with E-state index >= 15 is 0 Å². The lowest BCUT2D eigenvalue weighted by Crippen LogP contribution is -2.29. The summed E-state index contributed by atoms with van der Waals surface area (Å²) in [5.74, 6) is 1.58. The lowest BCUT2D eigenvalue weighted by atomic mass is 9.97. The van der Waals surface area contributed by atoms with Gasteiger partial charge in [0.15, 0.2) is 5.16 Å². The van der Waals surface area contributed by atoms with Crippen molar-refractivity contribution >= 4 is 35.1 Å². The lowest BCUT2D eigenvalue weighted by molar-refractivity contribution is -0.130. The van der Waals surface area contributed by atoms with Crippen molar-refractivity contribution in [2.75, 3.05) is 18.6 Å². The number of aromatic nitrogens is 2. The van der Waals surface area contributed by atoms with Crippen molar-refractivity contribution in [3.05, 3.63) is 111 Å². The van der Waals surface area contributed by atoms with Crippen LogP contribution in [0.3, 0.4) is 0 Å². The smallest absolute Gasteiger partial charge is 0.272 e. The summed E-state index contributed by atoms with van der Waals surface area (Å²) >= 11 is 2.84. The summed E-state index contributed by atoms with van der Waals surface area (Å²) in [6, 6.07) is 23.6. The normalized spacial score (nSPS) is 16.0. The zero-order valence-corrected chi connectivity index (χ0v) is 24.8. The quantitative estimate of drug-likeness (QED) is 0.197. The van der Waals surface area contributed by atoms with Gasteiger partial charge in [-0.25, -0.2) is 9.99 Å². The number of carbonyl (C=O) groups is 1. The van der Waals surface area contributed by atoms with Crippen LogP contribution in [-0.4, -0.2) is 44.8 Å². The number of carbonyl (C=O) groups excluding carboxylic acids is 1. The van der Waals surface area contributed by atoms with Crippen molar-refractivity contribution in [1.82, 2.24) is 14.6 Å². The second-order valence-corrected chi connectivity index (χ2v) is 12.2. The van der Waals surface area contributed by atoms with Crippen LogP contribution < -0.4 is 10.3 Å². The molecule has 0 aliphatic carbocycles. The number of rotatable bonds is 7. The second kappa shape index (κ2) is 11.6. The van der Waals surface area contributed by atoms with Crippen LogP contribution in [0.15, 0.2) is 92.7 Å². The monoisotopic (exact) mass is 582 g/mol. The highest BCUT2D eigenvalue weighted by Gasteiger charge is 2.33. The van der Waals surface area contributed by atoms with Gasteiger partial charge < -0.3 is 4.74 Å². The van der Waals surface area contributed by atoms with E-state index in [-0.39, 0.29) is 23.3 Å². The minimum atomic E-state index is -0.218. The van der Waals surface area contributed by atoms with Gasteiger partial charge in [-0.15, -0.1) is 11.8 Å². The predicted molar refractivity (Wildman–Crippen MR) is 165 cm³/mol. The standard InChI is InChI=1S/C32H30N4O3S2/c1-20-4-8-23(9-5-20)28-18-27(22-10-14-25(39-3)15-11-22)34-36(28)29(37)19-41-32-33-26-16-17-40-30(26)31(38)35(32)24-12-6-21(2)7-13-24/h4-15,28H,16-19H2,1-3H3. The molecule has 3 aromatic carbocycles. The number of aryl methyl sites for hydroxylation is 3. The van der Waals surface area contributed by atoms with Crippen LogP contribution >= 0.6 is 23.5 Å². The molecule has 7 nitrogen and oxygen atoms in total. The van der Waals surface area contributed by atoms with Crippen molar-refractivity contribution in [2.45, 2.75) is 42.8 Å². The van der Waals surface area contributed by atoms with Crippen molar-refractivity contribution in [2.24, 2.45) is 5.10 Å². The molecule has 2 aliphatic rings. The Balaban J connectivity index is 1.31. The first-order chi connectivity index (χ1) is 19.9. The molecule has 0 N–H and O–H groups in total. The van der Waals surface area contributed by atoms with E-state index in [1.165, 1.54) is 11.8 Å². The fourth-order valence-electron chi connectivity index (χ4n) is 5.05. The van der Waals surface area contributed by atoms with Crippen LogP contribution in [0.2, 0.25) is 0 Å². The molecule has 4 aromatic rings. The van der Waals surface area contributed by atoms with E-state index in [1.54, 1.807) is 28.4 Å². The van der Waals surface area contributed by atoms with Crippen LogP contribution in [0.1, 0.15) is 40.4 Å². The molecule has 0 fully saturated rings. The third-order valence-corrected chi connectivity index (χ3v) is 9.37. The average molecular weight is 583 g/mol. The Morgan fingerprint density at radius 3 is 2.37 bits per heavy atom. The summed E-state index contributed by atoms with van der Waals surface area (Å²) in [5, 5.41) is 6.96. The molecule has 0 saturated heterocycles. The minimum Gasteiger partial charge on any atom is -0.497 e. The van der Waals surface area contributed by atoms with Gasteiger partial charge in [-0.05, 0) is 61.4 Å². The van der Waals surface area contributed by atoms with Crippen LogP contribution in [0.5, 0.6) is 5.75 Å². The zero-order chi connectivity index (χ0) is 28.5. The van der Waals surface area contributed by atoms with E-state index in [9.17, 15) is 9.59 Å². The number of amides is 1. The number of methoxy groups -OCH3 is 1. The Kier molecular flexibility index (Phi) is 7.73. The number of benzene rings is 3. The second-order valence-electron chi connectivity index (χ2n) is 10.2. The molecule has 0 spiro atoms. The summed E-state index contributed by atoms with van der Waals surface area (Å²) in [5.41, 5.74) is 6.59. The Bertz CT molecular complexity index is 1680. The highest BCUT2D eigenvalue weighted by atomic mass is 32.2. The van der Waals surface area contributed by atoms with Crippen molar-refractivity contribution < 1.29 is 9.53 Å². The highest BCUT2D eigenvalue weighted by molar-refractivity contribution is 8.00. The molecule has 2 aliphatic heterocycles. The Morgan fingerprint density at radius 1 is 1.00 bits per heavy atom. The third kappa shape index (κ3) is 5.56. The topological polar surface area (TPSA) is 76.8 Å². The maximum Gasteiger partial charge on any atom is 0.272 e. The SMILES string of the molecule is COc1ccc(C2=NN(C(=O)CSc3nc4c(c(=O)n3-c3ccc(C)cc3)SCC4)C(c3ccc(C)cc3)C2)cc1. The first-order valence-corrected chi connectivity index (χ1v) is 15.5. The number of fused-ring (bicyclic) bond motifs is 1. The molecule has 1 unspecified atom stereocenters. The molecule has 3 heterocycles. The summed E-state index contributed by atoms with van der Waals surface area (Å²) in [7, 11) is 1.64. The van der Waals surface area contributed by atoms with Crippen LogP contribution in [0, 0.1) is 13.8 Å². The van der Waals surface area contributed by atoms with Gasteiger partial charge in [0.1, 0.15) is 5.75 Å². The fraction of sp³-hybridized carbons (Fsp3) is 0.250. The maximum atomic E-state index is 13.8. The van der Waals surface area contributed by atoms with Crippen molar-refractivity contribution in [3.8, 4) is 11.4 Å². The molecule has 41 heavy (non-hydrogen) atoms. The molecule has 1 amide bonds. The molecule has 9 heteroatoms. The number of ether oxygens (including phenoxy) is 1. The van der Waals surface area contributed by atoms with Gasteiger partial charge in [-0.3, -0.25) is 14.2 Å². The van der Waals surface area contributed by atoms with E-state index in [0.717, 1.165) is 57.3 Å². The zero-order valence-electron chi connectivity index (χ0n) is 23.2. The van der Waals surface area contributed by atoms with Crippen molar-refractivity contribution in [3.63, 3.8) is 0 Å². The summed E-state index contributed by atoms with van der Waals surface area (Å²) in [6.07, 6.45) is 1.36. The number of hydrogen-bond acceptors (Lipinski definition) is 7. The van der Waals surface area contributed by atoms with Gasteiger partial charge in [0, 0.05) is 18.6 Å². The number of nitrogens with zero attached hydrogens (tertiary/aromatic N) is 4. The average Bonchev–Trinajstić information content (AvgIpc) is 3.65. The third-order valence-electron chi connectivity index (χ3n) is 7.33. The number of hydrogen-bond donors (Lipinski definition) is 0. The summed E-state index contributed by atoms with van der Waals surface area (Å²) in [6.45, 7) is 4.06. The maximum absolute atomic E-state index is 13.8. The van der Waals surface area contributed by atoms with Crippen LogP contribution in [0.4, 0.5) is 0 Å². The lowest BCUT2D eigenvalue weighted by Gasteiger charge is -2.22. The first-order valence-electron chi connectivity index (χ1n) is 13.5. The molecular formula is C32H30N4O3S2. The molecule has 1 aromatic heterocycles. The largest absolute Gasteiger partial charge is 0.497 e. The van der Waals surface area contributed by atoms with E-state index in [2.05, 4.69) is 24.3 Å². The minimum absolute atomic E-state index is 0.0742. The molecular weight excluding hydrogens is 553 g/mol. The Hall–Kier alpha value is -3.82. The van der Waals surface area contributed by atoms with Crippen LogP contribution in [0.25, 0.3) is 5.69 Å². The Labute approximate surface area is 247 Å². The van der Waals surface area contributed by atoms with Gasteiger partial charge in [-0.2, -0.15) is 5.10 Å². The molecule has 0 saturated carbocycles. The van der Waals surface area contributed by atoms with E-state index in [4.69, 9.17) is 14.8 Å². The first kappa shape index (κ1) is 27.4.